The quantitative estimate of drug-likeness (QED) is 0.524. The molecule has 0 bridgehead atoms. The normalized spacial score (nSPS) is 16.6. The van der Waals surface area contributed by atoms with Crippen molar-refractivity contribution in [3.05, 3.63) is 88.2 Å². The van der Waals surface area contributed by atoms with Crippen molar-refractivity contribution in [2.45, 2.75) is 25.9 Å². The van der Waals surface area contributed by atoms with Gasteiger partial charge in [-0.2, -0.15) is 0 Å². The highest BCUT2D eigenvalue weighted by Crippen LogP contribution is 2.26. The van der Waals surface area contributed by atoms with Crippen molar-refractivity contribution in [1.29, 1.82) is 0 Å². The largest absolute Gasteiger partial charge is 0.478 e. The van der Waals surface area contributed by atoms with E-state index in [0.29, 0.717) is 16.9 Å². The average Bonchev–Trinajstić information content (AvgIpc) is 3.36. The lowest BCUT2D eigenvalue weighted by Gasteiger charge is -2.17. The Hall–Kier alpha value is -3.78. The molecule has 1 aromatic carbocycles. The first kappa shape index (κ1) is 20.1. The summed E-state index contributed by atoms with van der Waals surface area (Å²) in [5, 5.41) is 9.18. The highest BCUT2D eigenvalue weighted by atomic mass is 16.4. The van der Waals surface area contributed by atoms with Crippen LogP contribution in [0.15, 0.2) is 65.7 Å². The van der Waals surface area contributed by atoms with E-state index in [2.05, 4.69) is 27.9 Å². The van der Waals surface area contributed by atoms with E-state index in [-0.39, 0.29) is 17.3 Å². The van der Waals surface area contributed by atoms with Gasteiger partial charge in [-0.3, -0.25) is 19.0 Å². The van der Waals surface area contributed by atoms with Gasteiger partial charge in [-0.15, -0.1) is 0 Å². The third-order valence-corrected chi connectivity index (χ3v) is 6.11. The van der Waals surface area contributed by atoms with Crippen LogP contribution >= 0.6 is 0 Å². The number of hydrogen-bond acceptors (Lipinski definition) is 5. The number of hydrogen-bond donors (Lipinski definition) is 1. The lowest BCUT2D eigenvalue weighted by molar-refractivity contribution is 0.0697. The van der Waals surface area contributed by atoms with E-state index in [4.69, 9.17) is 0 Å². The Morgan fingerprint density at radius 1 is 1.09 bits per heavy atom. The minimum absolute atomic E-state index is 0.00320. The Bertz CT molecular complexity index is 1360. The second-order valence-electron chi connectivity index (χ2n) is 8.13. The molecule has 0 amide bonds. The van der Waals surface area contributed by atoms with Crippen molar-refractivity contribution < 1.29 is 9.90 Å². The summed E-state index contributed by atoms with van der Waals surface area (Å²) in [4.78, 5) is 36.1. The van der Waals surface area contributed by atoms with Crippen LogP contribution in [0.1, 0.15) is 34.1 Å². The van der Waals surface area contributed by atoms with Crippen LogP contribution < -0.4 is 5.69 Å². The Labute approximate surface area is 184 Å². The number of carbonyl (C=O) groups is 1. The Balaban J connectivity index is 1.50. The zero-order valence-corrected chi connectivity index (χ0v) is 17.7. The highest BCUT2D eigenvalue weighted by molar-refractivity contribution is 5.87. The first-order valence-electron chi connectivity index (χ1n) is 10.6. The third-order valence-electron chi connectivity index (χ3n) is 6.11. The minimum atomic E-state index is -0.998. The first-order valence-corrected chi connectivity index (χ1v) is 10.6. The predicted octanol–water partition coefficient (Wildman–Crippen LogP) is 3.04. The van der Waals surface area contributed by atoms with Crippen molar-refractivity contribution in [2.75, 3.05) is 13.1 Å². The molecular weight excluding hydrogens is 406 g/mol. The zero-order valence-electron chi connectivity index (χ0n) is 17.7. The van der Waals surface area contributed by atoms with Crippen molar-refractivity contribution in [3.63, 3.8) is 0 Å². The lowest BCUT2D eigenvalue weighted by Crippen LogP contribution is -2.29. The second-order valence-corrected chi connectivity index (χ2v) is 8.13. The van der Waals surface area contributed by atoms with Crippen LogP contribution in [0, 0.1) is 6.92 Å². The number of aromatic carboxylic acids is 1. The SMILES string of the molecule is Cc1cccnc1CN1CCC(n2c(=O)n(-c3ccc(C(=O)O)cc3)c3cccnc32)C1. The van der Waals surface area contributed by atoms with Crippen LogP contribution in [0.4, 0.5) is 0 Å². The Kier molecular flexibility index (Phi) is 5.07. The molecular formula is C24H23N5O3. The number of benzene rings is 1. The molecule has 8 nitrogen and oxygen atoms in total. The van der Waals surface area contributed by atoms with Crippen LogP contribution in [0.3, 0.4) is 0 Å². The Morgan fingerprint density at radius 3 is 2.59 bits per heavy atom. The number of imidazole rings is 1. The van der Waals surface area contributed by atoms with Gasteiger partial charge >= 0.3 is 11.7 Å². The molecule has 162 valence electrons. The van der Waals surface area contributed by atoms with Gasteiger partial charge in [0.05, 0.1) is 28.5 Å². The van der Waals surface area contributed by atoms with Crippen molar-refractivity contribution in [3.8, 4) is 5.69 Å². The second kappa shape index (κ2) is 8.05. The summed E-state index contributed by atoms with van der Waals surface area (Å²) in [5.74, 6) is -0.998. The lowest BCUT2D eigenvalue weighted by atomic mass is 10.2. The smallest absolute Gasteiger partial charge is 0.335 e. The third kappa shape index (κ3) is 3.48. The topological polar surface area (TPSA) is 93.2 Å². The van der Waals surface area contributed by atoms with Crippen LogP contribution in [-0.4, -0.2) is 48.2 Å². The number of carboxylic acid groups (broad SMARTS) is 1. The molecule has 0 aliphatic carbocycles. The molecule has 1 fully saturated rings. The Morgan fingerprint density at radius 2 is 1.84 bits per heavy atom. The highest BCUT2D eigenvalue weighted by Gasteiger charge is 2.29. The van der Waals surface area contributed by atoms with E-state index in [1.807, 2.05) is 18.3 Å². The van der Waals surface area contributed by atoms with Gasteiger partial charge in [-0.1, -0.05) is 6.07 Å². The van der Waals surface area contributed by atoms with Crippen molar-refractivity contribution in [2.24, 2.45) is 0 Å². The van der Waals surface area contributed by atoms with E-state index in [0.717, 1.165) is 37.3 Å². The number of rotatable bonds is 5. The molecule has 3 aromatic heterocycles. The molecule has 5 rings (SSSR count). The van der Waals surface area contributed by atoms with Gasteiger partial charge in [0.15, 0.2) is 5.65 Å². The van der Waals surface area contributed by atoms with Gasteiger partial charge in [0, 0.05) is 32.0 Å². The zero-order chi connectivity index (χ0) is 22.2. The maximum Gasteiger partial charge on any atom is 0.335 e. The predicted molar refractivity (Wildman–Crippen MR) is 120 cm³/mol. The maximum atomic E-state index is 13.6. The average molecular weight is 429 g/mol. The number of aryl methyl sites for hydroxylation is 1. The van der Waals surface area contributed by atoms with Gasteiger partial charge < -0.3 is 5.11 Å². The molecule has 0 saturated carbocycles. The van der Waals surface area contributed by atoms with Crippen LogP contribution in [-0.2, 0) is 6.54 Å². The summed E-state index contributed by atoms with van der Waals surface area (Å²) in [6.45, 7) is 4.43. The van der Waals surface area contributed by atoms with E-state index in [9.17, 15) is 14.7 Å². The van der Waals surface area contributed by atoms with Crippen molar-refractivity contribution >= 4 is 17.1 Å². The monoisotopic (exact) mass is 429 g/mol. The summed E-state index contributed by atoms with van der Waals surface area (Å²) >= 11 is 0. The molecule has 32 heavy (non-hydrogen) atoms. The molecule has 4 aromatic rings. The summed E-state index contributed by atoms with van der Waals surface area (Å²) in [6, 6.07) is 14.0. The van der Waals surface area contributed by atoms with E-state index in [1.165, 1.54) is 12.1 Å². The molecule has 8 heteroatoms. The fourth-order valence-corrected chi connectivity index (χ4v) is 4.44. The van der Waals surface area contributed by atoms with Crippen molar-refractivity contribution in [1.82, 2.24) is 24.0 Å². The fourth-order valence-electron chi connectivity index (χ4n) is 4.44. The molecule has 0 radical (unpaired) electrons. The number of pyridine rings is 2. The van der Waals surface area contributed by atoms with Gasteiger partial charge in [0.2, 0.25) is 0 Å². The van der Waals surface area contributed by atoms with Crippen LogP contribution in [0.5, 0.6) is 0 Å². The summed E-state index contributed by atoms with van der Waals surface area (Å²) in [6.07, 6.45) is 4.35. The van der Waals surface area contributed by atoms with E-state index in [1.54, 1.807) is 33.5 Å². The molecule has 1 N–H and O–H groups in total. The molecule has 0 spiro atoms. The van der Waals surface area contributed by atoms with Crippen LogP contribution in [0.2, 0.25) is 0 Å². The van der Waals surface area contributed by atoms with Gasteiger partial charge in [0.25, 0.3) is 0 Å². The van der Waals surface area contributed by atoms with E-state index >= 15 is 0 Å². The fraction of sp³-hybridized carbons (Fsp3) is 0.250. The number of aromatic nitrogens is 4. The van der Waals surface area contributed by atoms with Gasteiger partial charge in [-0.05, 0) is 61.4 Å². The number of likely N-dealkylation sites (tertiary alicyclic amines) is 1. The summed E-state index contributed by atoms with van der Waals surface area (Å²) < 4.78 is 3.39. The molecule has 1 unspecified atom stereocenters. The molecule has 1 aliphatic heterocycles. The summed E-state index contributed by atoms with van der Waals surface area (Å²) in [7, 11) is 0. The van der Waals surface area contributed by atoms with E-state index < -0.39 is 5.97 Å². The summed E-state index contributed by atoms with van der Waals surface area (Å²) in [5.41, 5.74) is 4.20. The maximum absolute atomic E-state index is 13.6. The minimum Gasteiger partial charge on any atom is -0.478 e. The molecule has 1 saturated heterocycles. The standard InChI is InChI=1S/C24H23N5O3/c1-16-4-2-11-25-20(16)15-27-13-10-19(14-27)29-22-21(5-3-12-26-22)28(24(29)32)18-8-6-17(7-9-18)23(30)31/h2-9,11-12,19H,10,13-15H2,1H3,(H,30,31). The molecule has 4 heterocycles. The number of nitrogens with zero attached hydrogens (tertiary/aromatic N) is 5. The first-order chi connectivity index (χ1) is 15.5. The number of carboxylic acids is 1. The van der Waals surface area contributed by atoms with Gasteiger partial charge in [-0.25, -0.2) is 14.6 Å². The molecule has 1 atom stereocenters. The molecule has 1 aliphatic rings. The number of fused-ring (bicyclic) bond motifs is 1. The van der Waals surface area contributed by atoms with Crippen LogP contribution in [0.25, 0.3) is 16.9 Å². The van der Waals surface area contributed by atoms with Gasteiger partial charge in [0.1, 0.15) is 0 Å².